The first kappa shape index (κ1) is 17.2. The van der Waals surface area contributed by atoms with Crippen molar-refractivity contribution in [1.82, 2.24) is 10.4 Å². The molecule has 130 valence electrons. The Balaban J connectivity index is 1.81. The molecule has 1 aromatic heterocycles. The van der Waals surface area contributed by atoms with E-state index in [0.29, 0.717) is 11.1 Å². The van der Waals surface area contributed by atoms with Crippen LogP contribution in [0.1, 0.15) is 27.2 Å². The predicted molar refractivity (Wildman–Crippen MR) is 99.4 cm³/mol. The molecule has 0 aliphatic heterocycles. The van der Waals surface area contributed by atoms with Crippen molar-refractivity contribution in [2.45, 2.75) is 13.8 Å². The Labute approximate surface area is 149 Å². The van der Waals surface area contributed by atoms with Crippen LogP contribution in [0.25, 0.3) is 10.9 Å². The summed E-state index contributed by atoms with van der Waals surface area (Å²) in [4.78, 5) is 27.1. The zero-order valence-corrected chi connectivity index (χ0v) is 14.3. The number of nitrogens with one attached hydrogen (secondary N) is 1. The number of carbonyl (C=O) groups is 1. The van der Waals surface area contributed by atoms with E-state index in [0.717, 1.165) is 22.2 Å². The number of fused-ring (bicyclic) bond motifs is 1. The Morgan fingerprint density at radius 2 is 1.88 bits per heavy atom. The molecule has 0 radical (unpaired) electrons. The highest BCUT2D eigenvalue weighted by molar-refractivity contribution is 6.06. The number of hydrogen-bond donors (Lipinski definition) is 1. The van der Waals surface area contributed by atoms with Crippen molar-refractivity contribution in [1.29, 1.82) is 0 Å². The van der Waals surface area contributed by atoms with Gasteiger partial charge in [-0.1, -0.05) is 11.6 Å². The molecule has 0 aliphatic carbocycles. The third-order valence-corrected chi connectivity index (χ3v) is 3.82. The van der Waals surface area contributed by atoms with Crippen LogP contribution in [0, 0.1) is 24.0 Å². The minimum atomic E-state index is -0.471. The zero-order valence-electron chi connectivity index (χ0n) is 14.3. The van der Waals surface area contributed by atoms with Gasteiger partial charge in [-0.25, -0.2) is 5.43 Å². The van der Waals surface area contributed by atoms with Crippen molar-refractivity contribution < 1.29 is 9.72 Å². The van der Waals surface area contributed by atoms with Gasteiger partial charge < -0.3 is 0 Å². The summed E-state index contributed by atoms with van der Waals surface area (Å²) in [5, 5.41) is 15.3. The van der Waals surface area contributed by atoms with Crippen molar-refractivity contribution in [2.75, 3.05) is 0 Å². The number of nitro benzene ring substituents is 1. The van der Waals surface area contributed by atoms with Gasteiger partial charge in [0.25, 0.3) is 11.6 Å². The second-order valence-electron chi connectivity index (χ2n) is 5.88. The van der Waals surface area contributed by atoms with Crippen molar-refractivity contribution in [3.63, 3.8) is 0 Å². The molecule has 0 unspecified atom stereocenters. The van der Waals surface area contributed by atoms with E-state index in [1.807, 2.05) is 32.0 Å². The number of benzene rings is 2. The van der Waals surface area contributed by atoms with Crippen LogP contribution in [-0.2, 0) is 0 Å². The van der Waals surface area contributed by atoms with E-state index < -0.39 is 4.92 Å². The van der Waals surface area contributed by atoms with Crippen LogP contribution in [-0.4, -0.2) is 22.0 Å². The van der Waals surface area contributed by atoms with E-state index in [1.54, 1.807) is 18.2 Å². The van der Waals surface area contributed by atoms with E-state index >= 15 is 0 Å². The monoisotopic (exact) mass is 348 g/mol. The fraction of sp³-hybridized carbons (Fsp3) is 0.105. The summed E-state index contributed by atoms with van der Waals surface area (Å²) < 4.78 is 0. The summed E-state index contributed by atoms with van der Waals surface area (Å²) in [5.74, 6) is -0.343. The van der Waals surface area contributed by atoms with Gasteiger partial charge in [0, 0.05) is 23.2 Å². The highest BCUT2D eigenvalue weighted by Crippen LogP contribution is 2.20. The topological polar surface area (TPSA) is 97.5 Å². The molecule has 1 amide bonds. The summed E-state index contributed by atoms with van der Waals surface area (Å²) in [6.07, 6.45) is 1.43. The molecule has 0 fully saturated rings. The van der Waals surface area contributed by atoms with Crippen molar-refractivity contribution >= 4 is 28.7 Å². The van der Waals surface area contributed by atoms with Crippen LogP contribution in [0.2, 0.25) is 0 Å². The lowest BCUT2D eigenvalue weighted by Gasteiger charge is -2.07. The van der Waals surface area contributed by atoms with Crippen LogP contribution in [0.15, 0.2) is 53.6 Å². The number of aromatic nitrogens is 1. The molecule has 0 bridgehead atoms. The Bertz CT molecular complexity index is 1030. The standard InChI is InChI=1S/C19H16N4O3/c1-12-3-8-18-16(9-12)17(10-13(2)21-18)19(24)22-20-11-14-4-6-15(7-5-14)23(25)26/h3-11H,1-2H3,(H,22,24). The molecule has 0 saturated carbocycles. The van der Waals surface area contributed by atoms with Gasteiger partial charge >= 0.3 is 0 Å². The number of amides is 1. The fourth-order valence-corrected chi connectivity index (χ4v) is 2.57. The second-order valence-corrected chi connectivity index (χ2v) is 5.88. The highest BCUT2D eigenvalue weighted by Gasteiger charge is 2.11. The van der Waals surface area contributed by atoms with Crippen molar-refractivity contribution in [3.05, 3.63) is 81.0 Å². The van der Waals surface area contributed by atoms with Gasteiger partial charge in [0.15, 0.2) is 0 Å². The number of aryl methyl sites for hydroxylation is 2. The first-order valence-corrected chi connectivity index (χ1v) is 7.90. The number of carbonyl (C=O) groups excluding carboxylic acids is 1. The lowest BCUT2D eigenvalue weighted by molar-refractivity contribution is -0.384. The van der Waals surface area contributed by atoms with Gasteiger partial charge in [-0.05, 0) is 49.7 Å². The smallest absolute Gasteiger partial charge is 0.267 e. The average molecular weight is 348 g/mol. The average Bonchev–Trinajstić information content (AvgIpc) is 2.61. The van der Waals surface area contributed by atoms with Crippen LogP contribution in [0.3, 0.4) is 0 Å². The number of hydrazone groups is 1. The molecular weight excluding hydrogens is 332 g/mol. The van der Waals surface area contributed by atoms with Crippen LogP contribution < -0.4 is 5.43 Å². The van der Waals surface area contributed by atoms with Crippen LogP contribution in [0.4, 0.5) is 5.69 Å². The van der Waals surface area contributed by atoms with Crippen LogP contribution >= 0.6 is 0 Å². The number of hydrogen-bond acceptors (Lipinski definition) is 5. The molecule has 0 saturated heterocycles. The minimum absolute atomic E-state index is 0.000265. The molecule has 3 aromatic rings. The quantitative estimate of drug-likeness (QED) is 0.443. The van der Waals surface area contributed by atoms with E-state index in [9.17, 15) is 14.9 Å². The number of nitro groups is 1. The van der Waals surface area contributed by atoms with Crippen molar-refractivity contribution in [2.24, 2.45) is 5.10 Å². The maximum Gasteiger partial charge on any atom is 0.272 e. The Kier molecular flexibility index (Phi) is 4.70. The van der Waals surface area contributed by atoms with Gasteiger partial charge in [0.1, 0.15) is 0 Å². The zero-order chi connectivity index (χ0) is 18.7. The molecule has 1 heterocycles. The van der Waals surface area contributed by atoms with Crippen LogP contribution in [0.5, 0.6) is 0 Å². The molecule has 2 aromatic carbocycles. The first-order valence-electron chi connectivity index (χ1n) is 7.90. The van der Waals surface area contributed by atoms with E-state index in [4.69, 9.17) is 0 Å². The SMILES string of the molecule is Cc1ccc2nc(C)cc(C(=O)NN=Cc3ccc([N+](=O)[O-])cc3)c2c1. The summed E-state index contributed by atoms with van der Waals surface area (Å²) in [7, 11) is 0. The maximum atomic E-state index is 12.5. The number of pyridine rings is 1. The van der Waals surface area contributed by atoms with E-state index in [2.05, 4.69) is 15.5 Å². The van der Waals surface area contributed by atoms with Gasteiger partial charge in [-0.3, -0.25) is 19.9 Å². The van der Waals surface area contributed by atoms with E-state index in [1.165, 1.54) is 18.3 Å². The molecule has 7 heteroatoms. The summed E-state index contributed by atoms with van der Waals surface area (Å²) in [5.41, 5.74) is 6.16. The maximum absolute atomic E-state index is 12.5. The number of non-ortho nitro benzene ring substituents is 1. The largest absolute Gasteiger partial charge is 0.272 e. The molecule has 0 aliphatic rings. The highest BCUT2D eigenvalue weighted by atomic mass is 16.6. The van der Waals surface area contributed by atoms with Gasteiger partial charge in [0.05, 0.1) is 22.2 Å². The summed E-state index contributed by atoms with van der Waals surface area (Å²) in [6, 6.07) is 13.3. The molecule has 1 N–H and O–H groups in total. The first-order chi connectivity index (χ1) is 12.4. The lowest BCUT2D eigenvalue weighted by atomic mass is 10.1. The second kappa shape index (κ2) is 7.10. The minimum Gasteiger partial charge on any atom is -0.267 e. The van der Waals surface area contributed by atoms with Crippen molar-refractivity contribution in [3.8, 4) is 0 Å². The molecule has 7 nitrogen and oxygen atoms in total. The van der Waals surface area contributed by atoms with Gasteiger partial charge in [-0.15, -0.1) is 0 Å². The molecule has 3 rings (SSSR count). The third-order valence-electron chi connectivity index (χ3n) is 3.82. The number of rotatable bonds is 4. The Morgan fingerprint density at radius 3 is 2.58 bits per heavy atom. The number of nitrogens with zero attached hydrogens (tertiary/aromatic N) is 3. The third kappa shape index (κ3) is 3.72. The predicted octanol–water partition coefficient (Wildman–Crippen LogP) is 3.52. The summed E-state index contributed by atoms with van der Waals surface area (Å²) >= 11 is 0. The van der Waals surface area contributed by atoms with Gasteiger partial charge in [0.2, 0.25) is 0 Å². The Morgan fingerprint density at radius 1 is 1.15 bits per heavy atom. The molecule has 0 spiro atoms. The normalized spacial score (nSPS) is 11.0. The molecular formula is C19H16N4O3. The Hall–Kier alpha value is -3.61. The van der Waals surface area contributed by atoms with Gasteiger partial charge in [-0.2, -0.15) is 5.10 Å². The lowest BCUT2D eigenvalue weighted by Crippen LogP contribution is -2.18. The molecule has 26 heavy (non-hydrogen) atoms. The molecule has 0 atom stereocenters. The summed E-state index contributed by atoms with van der Waals surface area (Å²) in [6.45, 7) is 3.78. The van der Waals surface area contributed by atoms with E-state index in [-0.39, 0.29) is 11.6 Å². The fourth-order valence-electron chi connectivity index (χ4n) is 2.57.